The third-order valence-corrected chi connectivity index (χ3v) is 6.33. The first kappa shape index (κ1) is 17.7. The van der Waals surface area contributed by atoms with Crippen LogP contribution in [0.5, 0.6) is 5.75 Å². The molecule has 4 nitrogen and oxygen atoms in total. The fraction of sp³-hybridized carbons (Fsp3) is 0.0769. The predicted octanol–water partition coefficient (Wildman–Crippen LogP) is 5.22. The number of hydrogen-bond donors (Lipinski definition) is 1. The number of halogens is 4. The largest absolute Gasteiger partial charge is 0.495 e. The van der Waals surface area contributed by atoms with Gasteiger partial charge in [-0.1, -0.05) is 34.8 Å². The molecule has 0 aliphatic rings. The summed E-state index contributed by atoms with van der Waals surface area (Å²) in [6.07, 6.45) is 0. The molecule has 0 aliphatic heterocycles. The van der Waals surface area contributed by atoms with Crippen molar-refractivity contribution in [1.82, 2.24) is 0 Å². The molecule has 118 valence electrons. The molecule has 0 fully saturated rings. The van der Waals surface area contributed by atoms with Crippen LogP contribution < -0.4 is 9.46 Å². The van der Waals surface area contributed by atoms with Gasteiger partial charge in [0.05, 0.1) is 22.8 Å². The first-order valence-electron chi connectivity index (χ1n) is 5.76. The Balaban J connectivity index is 2.42. The molecule has 0 amide bonds. The molecule has 0 saturated heterocycles. The molecule has 2 aromatic rings. The second kappa shape index (κ2) is 6.84. The molecule has 1 N–H and O–H groups in total. The Morgan fingerprint density at radius 1 is 1.09 bits per heavy atom. The van der Waals surface area contributed by atoms with E-state index in [0.717, 1.165) is 0 Å². The van der Waals surface area contributed by atoms with Crippen LogP contribution in [-0.2, 0) is 10.0 Å². The Labute approximate surface area is 151 Å². The molecule has 0 radical (unpaired) electrons. The summed E-state index contributed by atoms with van der Waals surface area (Å²) >= 11 is 21.2. The van der Waals surface area contributed by atoms with E-state index >= 15 is 0 Å². The average Bonchev–Trinajstić information content (AvgIpc) is 2.45. The van der Waals surface area contributed by atoms with Crippen molar-refractivity contribution in [3.63, 3.8) is 0 Å². The Morgan fingerprint density at radius 2 is 1.77 bits per heavy atom. The number of sulfonamides is 1. The number of benzene rings is 2. The number of hydrogen-bond acceptors (Lipinski definition) is 3. The van der Waals surface area contributed by atoms with E-state index < -0.39 is 10.0 Å². The molecule has 2 rings (SSSR count). The molecule has 0 bridgehead atoms. The quantitative estimate of drug-likeness (QED) is 0.702. The summed E-state index contributed by atoms with van der Waals surface area (Å²) in [4.78, 5) is -0.154. The lowest BCUT2D eigenvalue weighted by Gasteiger charge is -2.12. The summed E-state index contributed by atoms with van der Waals surface area (Å²) in [5, 5.41) is 0.289. The summed E-state index contributed by atoms with van der Waals surface area (Å²) in [6, 6.07) is 7.41. The first-order chi connectivity index (χ1) is 10.3. The number of anilines is 1. The molecule has 0 unspecified atom stereocenters. The molecule has 22 heavy (non-hydrogen) atoms. The summed E-state index contributed by atoms with van der Waals surface area (Å²) in [6.45, 7) is 0. The molecular weight excluding hydrogens is 436 g/mol. The molecule has 2 aromatic carbocycles. The van der Waals surface area contributed by atoms with Crippen molar-refractivity contribution in [2.75, 3.05) is 11.8 Å². The van der Waals surface area contributed by atoms with E-state index in [-0.39, 0.29) is 20.7 Å². The standard InChI is InChI=1S/C13H9BrCl3NO3S/c1-21-10-4-5-11(13(17)12(10)16)22(19,20)18-7-2-3-8(14)9(15)6-7/h2-6,18H,1H3. The summed E-state index contributed by atoms with van der Waals surface area (Å²) < 4.78 is 32.9. The van der Waals surface area contributed by atoms with E-state index in [1.165, 1.54) is 25.3 Å². The molecule has 0 aliphatic carbocycles. The minimum atomic E-state index is -3.92. The van der Waals surface area contributed by atoms with E-state index in [2.05, 4.69) is 20.7 Å². The van der Waals surface area contributed by atoms with E-state index in [9.17, 15) is 8.42 Å². The van der Waals surface area contributed by atoms with Crippen molar-refractivity contribution in [1.29, 1.82) is 0 Å². The van der Waals surface area contributed by atoms with Gasteiger partial charge in [-0.2, -0.15) is 0 Å². The zero-order valence-corrected chi connectivity index (χ0v) is 15.7. The van der Waals surface area contributed by atoms with Gasteiger partial charge >= 0.3 is 0 Å². The van der Waals surface area contributed by atoms with Gasteiger partial charge in [0, 0.05) is 4.47 Å². The highest BCUT2D eigenvalue weighted by Gasteiger charge is 2.22. The second-order valence-corrected chi connectivity index (χ2v) is 7.80. The van der Waals surface area contributed by atoms with Crippen molar-refractivity contribution >= 4 is 66.4 Å². The normalized spacial score (nSPS) is 11.3. The van der Waals surface area contributed by atoms with E-state index in [1.54, 1.807) is 12.1 Å². The lowest BCUT2D eigenvalue weighted by molar-refractivity contribution is 0.414. The predicted molar refractivity (Wildman–Crippen MR) is 93.0 cm³/mol. The number of methoxy groups -OCH3 is 1. The Kier molecular flexibility index (Phi) is 5.50. The summed E-state index contributed by atoms with van der Waals surface area (Å²) in [7, 11) is -2.51. The van der Waals surface area contributed by atoms with E-state index in [4.69, 9.17) is 39.5 Å². The monoisotopic (exact) mass is 443 g/mol. The zero-order chi connectivity index (χ0) is 16.5. The number of rotatable bonds is 4. The zero-order valence-electron chi connectivity index (χ0n) is 11.0. The van der Waals surface area contributed by atoms with Gasteiger partial charge < -0.3 is 4.74 Å². The van der Waals surface area contributed by atoms with Crippen molar-refractivity contribution in [2.24, 2.45) is 0 Å². The Bertz CT molecular complexity index is 828. The van der Waals surface area contributed by atoms with Crippen LogP contribution in [0.4, 0.5) is 5.69 Å². The van der Waals surface area contributed by atoms with Crippen molar-refractivity contribution in [3.8, 4) is 5.75 Å². The minimum absolute atomic E-state index is 0.0286. The Morgan fingerprint density at radius 3 is 2.36 bits per heavy atom. The lowest BCUT2D eigenvalue weighted by Crippen LogP contribution is -2.13. The van der Waals surface area contributed by atoms with Crippen LogP contribution in [0, 0.1) is 0 Å². The van der Waals surface area contributed by atoms with Crippen LogP contribution >= 0.6 is 50.7 Å². The van der Waals surface area contributed by atoms with E-state index in [1.807, 2.05) is 0 Å². The highest BCUT2D eigenvalue weighted by Crippen LogP contribution is 2.37. The maximum absolute atomic E-state index is 12.4. The highest BCUT2D eigenvalue weighted by molar-refractivity contribution is 9.10. The van der Waals surface area contributed by atoms with Crippen LogP contribution in [0.1, 0.15) is 0 Å². The van der Waals surface area contributed by atoms with Gasteiger partial charge in [-0.3, -0.25) is 4.72 Å². The molecule has 0 aromatic heterocycles. The van der Waals surface area contributed by atoms with Gasteiger partial charge in [-0.15, -0.1) is 0 Å². The van der Waals surface area contributed by atoms with Crippen LogP contribution in [0.3, 0.4) is 0 Å². The fourth-order valence-electron chi connectivity index (χ4n) is 1.65. The molecular formula is C13H9BrCl3NO3S. The Hall–Kier alpha value is -0.660. The van der Waals surface area contributed by atoms with Gasteiger partial charge in [0.25, 0.3) is 10.0 Å². The topological polar surface area (TPSA) is 55.4 Å². The average molecular weight is 446 g/mol. The molecule has 0 atom stereocenters. The van der Waals surface area contributed by atoms with E-state index in [0.29, 0.717) is 15.2 Å². The minimum Gasteiger partial charge on any atom is -0.495 e. The van der Waals surface area contributed by atoms with Crippen LogP contribution in [0.15, 0.2) is 39.7 Å². The second-order valence-electron chi connectivity index (χ2n) is 4.13. The van der Waals surface area contributed by atoms with Crippen LogP contribution in [0.2, 0.25) is 15.1 Å². The molecule has 0 spiro atoms. The van der Waals surface area contributed by atoms with Gasteiger partial charge in [0.15, 0.2) is 0 Å². The number of ether oxygens (including phenoxy) is 1. The fourth-order valence-corrected chi connectivity index (χ4v) is 3.97. The number of nitrogens with one attached hydrogen (secondary N) is 1. The molecule has 0 heterocycles. The third-order valence-electron chi connectivity index (χ3n) is 2.69. The van der Waals surface area contributed by atoms with Gasteiger partial charge in [0.1, 0.15) is 15.7 Å². The maximum Gasteiger partial charge on any atom is 0.263 e. The van der Waals surface area contributed by atoms with Crippen LogP contribution in [-0.4, -0.2) is 15.5 Å². The highest BCUT2D eigenvalue weighted by atomic mass is 79.9. The van der Waals surface area contributed by atoms with Crippen molar-refractivity contribution < 1.29 is 13.2 Å². The smallest absolute Gasteiger partial charge is 0.263 e. The molecule has 9 heteroatoms. The third kappa shape index (κ3) is 3.63. The van der Waals surface area contributed by atoms with Gasteiger partial charge in [-0.25, -0.2) is 8.42 Å². The molecule has 0 saturated carbocycles. The van der Waals surface area contributed by atoms with Gasteiger partial charge in [-0.05, 0) is 46.3 Å². The summed E-state index contributed by atoms with van der Waals surface area (Å²) in [5.74, 6) is 0.289. The maximum atomic E-state index is 12.4. The summed E-state index contributed by atoms with van der Waals surface area (Å²) in [5.41, 5.74) is 0.302. The van der Waals surface area contributed by atoms with Gasteiger partial charge in [0.2, 0.25) is 0 Å². The lowest BCUT2D eigenvalue weighted by atomic mass is 10.3. The van der Waals surface area contributed by atoms with Crippen molar-refractivity contribution in [3.05, 3.63) is 49.9 Å². The van der Waals surface area contributed by atoms with Crippen LogP contribution in [0.25, 0.3) is 0 Å². The first-order valence-corrected chi connectivity index (χ1v) is 9.17. The van der Waals surface area contributed by atoms with Crippen molar-refractivity contribution in [2.45, 2.75) is 4.90 Å². The SMILES string of the molecule is COc1ccc(S(=O)(=O)Nc2ccc(Br)c(Cl)c2)c(Cl)c1Cl.